The third-order valence-corrected chi connectivity index (χ3v) is 10.6. The number of alkyl halides is 4. The van der Waals surface area contributed by atoms with Gasteiger partial charge in [-0.25, -0.2) is 18.2 Å². The average Bonchev–Trinajstić information content (AvgIpc) is 3.70. The molecule has 5 aromatic rings. The van der Waals surface area contributed by atoms with Crippen LogP contribution in [0.4, 0.5) is 43.0 Å². The first-order chi connectivity index (χ1) is 23.7. The molecule has 2 unspecified atom stereocenters. The SMILES string of the molecule is Cc1ccc(CN(C)c2nc(OCC34CCCN3CC(F)C4)nc3c(F)c(-c4ccc(F)c5sc(N)c(C#N)c45)c(C(F)(F)F)cc23)c(N)n1. The predicted molar refractivity (Wildman–Crippen MR) is 178 cm³/mol. The van der Waals surface area contributed by atoms with E-state index in [4.69, 9.17) is 16.2 Å². The molecule has 0 spiro atoms. The van der Waals surface area contributed by atoms with Crippen molar-refractivity contribution in [2.24, 2.45) is 0 Å². The number of nitrogens with zero attached hydrogens (tertiary/aromatic N) is 6. The number of anilines is 3. The van der Waals surface area contributed by atoms with Crippen LogP contribution >= 0.6 is 11.3 Å². The Balaban J connectivity index is 1.45. The van der Waals surface area contributed by atoms with Gasteiger partial charge in [-0.3, -0.25) is 4.90 Å². The molecule has 2 aliphatic rings. The van der Waals surface area contributed by atoms with Crippen LogP contribution in [0.1, 0.15) is 41.6 Å². The molecule has 0 amide bonds. The number of aryl methyl sites for hydroxylation is 1. The summed E-state index contributed by atoms with van der Waals surface area (Å²) in [6.45, 7) is 2.69. The Bertz CT molecular complexity index is 2220. The number of ether oxygens (including phenoxy) is 1. The number of nitrogens with two attached hydrogens (primary N) is 2. The van der Waals surface area contributed by atoms with Crippen LogP contribution in [-0.4, -0.2) is 58.3 Å². The van der Waals surface area contributed by atoms with Gasteiger partial charge in [0.25, 0.3) is 0 Å². The monoisotopic (exact) mass is 712 g/mol. The maximum Gasteiger partial charge on any atom is 0.417 e. The zero-order chi connectivity index (χ0) is 35.7. The number of nitrogen functional groups attached to an aromatic ring is 2. The Morgan fingerprint density at radius 2 is 1.94 bits per heavy atom. The first kappa shape index (κ1) is 33.6. The molecule has 16 heteroatoms. The van der Waals surface area contributed by atoms with Crippen LogP contribution in [-0.2, 0) is 12.7 Å². The van der Waals surface area contributed by atoms with Crippen molar-refractivity contribution in [1.29, 1.82) is 5.26 Å². The maximum absolute atomic E-state index is 17.0. The molecular weight excluding hydrogens is 682 g/mol. The second-order valence-electron chi connectivity index (χ2n) is 12.8. The van der Waals surface area contributed by atoms with Crippen molar-refractivity contribution in [1.82, 2.24) is 19.9 Å². The quantitative estimate of drug-likeness (QED) is 0.169. The van der Waals surface area contributed by atoms with E-state index in [-0.39, 0.29) is 75.4 Å². The van der Waals surface area contributed by atoms with Crippen molar-refractivity contribution in [3.8, 4) is 23.2 Å². The van der Waals surface area contributed by atoms with Gasteiger partial charge in [0, 0.05) is 54.2 Å². The van der Waals surface area contributed by atoms with Crippen molar-refractivity contribution in [3.63, 3.8) is 0 Å². The molecule has 0 radical (unpaired) electrons. The number of thiophene rings is 1. The van der Waals surface area contributed by atoms with E-state index in [9.17, 15) is 27.2 Å². The zero-order valence-electron chi connectivity index (χ0n) is 26.8. The number of benzene rings is 2. The van der Waals surface area contributed by atoms with E-state index in [2.05, 4.69) is 15.0 Å². The second kappa shape index (κ2) is 12.2. The number of nitriles is 1. The summed E-state index contributed by atoms with van der Waals surface area (Å²) in [5.74, 6) is -2.12. The van der Waals surface area contributed by atoms with E-state index < -0.39 is 46.2 Å². The molecule has 2 aromatic carbocycles. The summed E-state index contributed by atoms with van der Waals surface area (Å²) in [6, 6.07) is 7.56. The van der Waals surface area contributed by atoms with E-state index in [1.165, 1.54) is 4.90 Å². The highest BCUT2D eigenvalue weighted by Crippen LogP contribution is 2.48. The topological polar surface area (TPSA) is 130 Å². The fraction of sp³-hybridized carbons (Fsp3) is 0.353. The van der Waals surface area contributed by atoms with Gasteiger partial charge in [0.2, 0.25) is 0 Å². The molecule has 9 nitrogen and oxygen atoms in total. The van der Waals surface area contributed by atoms with Gasteiger partial charge in [0.05, 0.1) is 21.4 Å². The third kappa shape index (κ3) is 5.58. The van der Waals surface area contributed by atoms with E-state index in [0.717, 1.165) is 24.6 Å². The summed E-state index contributed by atoms with van der Waals surface area (Å²) in [6.07, 6.45) is -4.45. The van der Waals surface area contributed by atoms with Crippen molar-refractivity contribution in [3.05, 3.63) is 64.4 Å². The Hall–Kier alpha value is -4.88. The summed E-state index contributed by atoms with van der Waals surface area (Å²) in [7, 11) is 1.54. The molecule has 3 aromatic heterocycles. The Labute approximate surface area is 286 Å². The average molecular weight is 713 g/mol. The van der Waals surface area contributed by atoms with Crippen molar-refractivity contribution >= 4 is 49.0 Å². The van der Waals surface area contributed by atoms with E-state index in [1.807, 2.05) is 11.0 Å². The molecule has 260 valence electrons. The minimum absolute atomic E-state index is 0.0227. The van der Waals surface area contributed by atoms with Crippen LogP contribution in [0, 0.1) is 29.9 Å². The summed E-state index contributed by atoms with van der Waals surface area (Å²) in [5.41, 5.74) is 9.16. The van der Waals surface area contributed by atoms with E-state index in [0.29, 0.717) is 35.6 Å². The molecule has 0 aliphatic carbocycles. The van der Waals surface area contributed by atoms with E-state index in [1.54, 1.807) is 26.1 Å². The molecule has 4 N–H and O–H groups in total. The highest BCUT2D eigenvalue weighted by molar-refractivity contribution is 7.23. The number of pyridine rings is 1. The van der Waals surface area contributed by atoms with Crippen molar-refractivity contribution in [2.75, 3.05) is 43.1 Å². The molecule has 50 heavy (non-hydrogen) atoms. The van der Waals surface area contributed by atoms with Crippen LogP contribution in [0.5, 0.6) is 6.01 Å². The fourth-order valence-electron chi connectivity index (χ4n) is 7.26. The summed E-state index contributed by atoms with van der Waals surface area (Å²) < 4.78 is 97.1. The lowest BCUT2D eigenvalue weighted by molar-refractivity contribution is -0.137. The molecule has 2 aliphatic heterocycles. The molecule has 0 saturated carbocycles. The van der Waals surface area contributed by atoms with Gasteiger partial charge in [-0.2, -0.15) is 28.4 Å². The fourth-order valence-corrected chi connectivity index (χ4v) is 8.21. The molecule has 0 bridgehead atoms. The molecule has 5 heterocycles. The number of aromatic nitrogens is 3. The minimum atomic E-state index is -5.12. The highest BCUT2D eigenvalue weighted by Gasteiger charge is 2.49. The first-order valence-corrected chi connectivity index (χ1v) is 16.5. The first-order valence-electron chi connectivity index (χ1n) is 15.7. The lowest BCUT2D eigenvalue weighted by Crippen LogP contribution is -2.43. The van der Waals surface area contributed by atoms with Crippen molar-refractivity contribution in [2.45, 2.75) is 50.6 Å². The Morgan fingerprint density at radius 1 is 1.16 bits per heavy atom. The molecular formula is C34H30F6N8OS. The third-order valence-electron chi connectivity index (χ3n) is 9.55. The number of hydrogen-bond acceptors (Lipinski definition) is 10. The lowest BCUT2D eigenvalue weighted by atomic mass is 9.92. The summed E-state index contributed by atoms with van der Waals surface area (Å²) in [4.78, 5) is 16.5. The lowest BCUT2D eigenvalue weighted by Gasteiger charge is -2.31. The van der Waals surface area contributed by atoms with Crippen LogP contribution in [0.2, 0.25) is 0 Å². The van der Waals surface area contributed by atoms with Crippen molar-refractivity contribution < 1.29 is 31.1 Å². The summed E-state index contributed by atoms with van der Waals surface area (Å²) >= 11 is 0.677. The number of rotatable bonds is 7. The van der Waals surface area contributed by atoms with Gasteiger partial charge in [-0.15, -0.1) is 11.3 Å². The minimum Gasteiger partial charge on any atom is -0.461 e. The Morgan fingerprint density at radius 3 is 2.66 bits per heavy atom. The number of hydrogen-bond donors (Lipinski definition) is 2. The summed E-state index contributed by atoms with van der Waals surface area (Å²) in [5, 5.41) is 9.15. The highest BCUT2D eigenvalue weighted by atomic mass is 32.1. The van der Waals surface area contributed by atoms with E-state index >= 15 is 4.39 Å². The maximum atomic E-state index is 17.0. The molecule has 2 fully saturated rings. The van der Waals surface area contributed by atoms with Crippen LogP contribution in [0.25, 0.3) is 32.1 Å². The van der Waals surface area contributed by atoms with Gasteiger partial charge in [0.1, 0.15) is 46.8 Å². The van der Waals surface area contributed by atoms with Gasteiger partial charge in [-0.1, -0.05) is 12.1 Å². The number of fused-ring (bicyclic) bond motifs is 3. The van der Waals surface area contributed by atoms with Gasteiger partial charge in [-0.05, 0) is 50.1 Å². The normalized spacial score (nSPS) is 19.3. The van der Waals surface area contributed by atoms with Gasteiger partial charge >= 0.3 is 12.2 Å². The standard InChI is InChI=1S/C34H30F6N8OS/c1-16-4-5-17(29(42)44-16)13-47(2)31-20-10-22(34(38,39)40)25(19-6-7-23(36)28-24(19)21(12-41)30(43)50-28)26(37)27(20)45-32(46-31)49-15-33-8-3-9-48(33)14-18(35)11-33/h4-7,10,18H,3,8-9,11,13-15,43H2,1-2H3,(H2,42,44). The van der Waals surface area contributed by atoms with Crippen LogP contribution in [0.15, 0.2) is 30.3 Å². The molecule has 7 rings (SSSR count). The van der Waals surface area contributed by atoms with Crippen LogP contribution < -0.4 is 21.1 Å². The second-order valence-corrected chi connectivity index (χ2v) is 13.9. The molecule has 2 saturated heterocycles. The van der Waals surface area contributed by atoms with Crippen LogP contribution in [0.3, 0.4) is 0 Å². The number of halogens is 6. The zero-order valence-corrected chi connectivity index (χ0v) is 27.7. The van der Waals surface area contributed by atoms with Gasteiger partial charge in [0.15, 0.2) is 5.82 Å². The Kier molecular flexibility index (Phi) is 8.18. The molecule has 2 atom stereocenters. The predicted octanol–water partition coefficient (Wildman–Crippen LogP) is 7.14. The smallest absolute Gasteiger partial charge is 0.417 e. The largest absolute Gasteiger partial charge is 0.461 e. The van der Waals surface area contributed by atoms with Gasteiger partial charge < -0.3 is 21.1 Å².